The summed E-state index contributed by atoms with van der Waals surface area (Å²) in [6, 6.07) is 0. The highest BCUT2D eigenvalue weighted by atomic mass is 32.2. The molecule has 1 rings (SSSR count). The Balaban J connectivity index is 2.24. The number of rotatable bonds is 5. The van der Waals surface area contributed by atoms with E-state index in [0.717, 1.165) is 0 Å². The van der Waals surface area contributed by atoms with Gasteiger partial charge in [-0.3, -0.25) is 10.9 Å². The molecule has 0 bridgehead atoms. The lowest BCUT2D eigenvalue weighted by Crippen LogP contribution is -2.33. The fourth-order valence-electron chi connectivity index (χ4n) is 2.31. The molecule has 1 saturated heterocycles. The van der Waals surface area contributed by atoms with Crippen molar-refractivity contribution >= 4 is 10.9 Å². The molecule has 0 radical (unpaired) electrons. The van der Waals surface area contributed by atoms with Crippen molar-refractivity contribution in [3.63, 3.8) is 0 Å². The lowest BCUT2D eigenvalue weighted by Gasteiger charge is -2.26. The van der Waals surface area contributed by atoms with E-state index in [1.807, 2.05) is 0 Å². The van der Waals surface area contributed by atoms with E-state index in [9.17, 15) is 0 Å². The normalized spacial score (nSPS) is 20.8. The quantitative estimate of drug-likeness (QED) is 0.770. The standard InChI is InChI=1S/C15H34N2S/c1-15(2,3)7-10-16-8-6-9-17(12-11-16)13-14-18(4)5/h18H,6-14H2,1-5H3. The maximum atomic E-state index is 2.68. The second-order valence-electron chi connectivity index (χ2n) is 7.15. The molecule has 0 spiro atoms. The highest BCUT2D eigenvalue weighted by Crippen LogP contribution is 2.19. The molecule has 110 valence electrons. The average molecular weight is 275 g/mol. The highest BCUT2D eigenvalue weighted by Gasteiger charge is 2.17. The molecule has 1 fully saturated rings. The summed E-state index contributed by atoms with van der Waals surface area (Å²) < 4.78 is 0. The zero-order valence-corrected chi connectivity index (χ0v) is 14.1. The van der Waals surface area contributed by atoms with Crippen LogP contribution in [0, 0.1) is 5.41 Å². The Morgan fingerprint density at radius 2 is 1.44 bits per heavy atom. The third-order valence-electron chi connectivity index (χ3n) is 3.72. The van der Waals surface area contributed by atoms with E-state index < -0.39 is 0 Å². The van der Waals surface area contributed by atoms with Crippen LogP contribution in [-0.2, 0) is 0 Å². The van der Waals surface area contributed by atoms with Gasteiger partial charge in [0, 0.05) is 19.6 Å². The Morgan fingerprint density at radius 3 is 1.94 bits per heavy atom. The van der Waals surface area contributed by atoms with Crippen LogP contribution in [0.15, 0.2) is 0 Å². The van der Waals surface area contributed by atoms with Crippen molar-refractivity contribution < 1.29 is 0 Å². The molecular formula is C15H34N2S. The molecule has 1 aliphatic rings. The summed E-state index contributed by atoms with van der Waals surface area (Å²) >= 11 is 0. The third kappa shape index (κ3) is 7.65. The van der Waals surface area contributed by atoms with Crippen LogP contribution in [0.3, 0.4) is 0 Å². The van der Waals surface area contributed by atoms with Crippen LogP contribution in [0.4, 0.5) is 0 Å². The van der Waals surface area contributed by atoms with E-state index in [1.54, 1.807) is 0 Å². The fourth-order valence-corrected chi connectivity index (χ4v) is 2.99. The smallest absolute Gasteiger partial charge is 0.0110 e. The number of nitrogens with zero attached hydrogens (tertiary/aromatic N) is 2. The minimum atomic E-state index is 0.277. The summed E-state index contributed by atoms with van der Waals surface area (Å²) in [6.07, 6.45) is 7.46. The Morgan fingerprint density at radius 1 is 0.889 bits per heavy atom. The van der Waals surface area contributed by atoms with Gasteiger partial charge in [-0.2, -0.15) is 0 Å². The Bertz CT molecular complexity index is 223. The van der Waals surface area contributed by atoms with Gasteiger partial charge in [0.1, 0.15) is 0 Å². The predicted octanol–water partition coefficient (Wildman–Crippen LogP) is 2.69. The van der Waals surface area contributed by atoms with Crippen molar-refractivity contribution in [1.82, 2.24) is 9.80 Å². The fraction of sp³-hybridized carbons (Fsp3) is 1.00. The second-order valence-corrected chi connectivity index (χ2v) is 9.76. The first-order valence-corrected chi connectivity index (χ1v) is 9.88. The zero-order chi connectivity index (χ0) is 13.6. The van der Waals surface area contributed by atoms with Gasteiger partial charge in [-0.15, -0.1) is 0 Å². The molecule has 0 atom stereocenters. The van der Waals surface area contributed by atoms with Gasteiger partial charge in [0.15, 0.2) is 0 Å². The molecule has 3 heteroatoms. The van der Waals surface area contributed by atoms with Gasteiger partial charge in [-0.1, -0.05) is 20.8 Å². The van der Waals surface area contributed by atoms with Gasteiger partial charge in [0.05, 0.1) is 0 Å². The van der Waals surface area contributed by atoms with Crippen molar-refractivity contribution in [2.75, 3.05) is 57.5 Å². The molecule has 1 aliphatic heterocycles. The van der Waals surface area contributed by atoms with E-state index in [4.69, 9.17) is 0 Å². The van der Waals surface area contributed by atoms with E-state index in [-0.39, 0.29) is 10.9 Å². The zero-order valence-electron chi connectivity index (χ0n) is 13.2. The molecule has 0 N–H and O–H groups in total. The molecule has 0 saturated carbocycles. The van der Waals surface area contributed by atoms with Crippen LogP contribution in [0.2, 0.25) is 0 Å². The molecule has 18 heavy (non-hydrogen) atoms. The van der Waals surface area contributed by atoms with E-state index >= 15 is 0 Å². The molecule has 0 aliphatic carbocycles. The maximum Gasteiger partial charge on any atom is 0.0110 e. The van der Waals surface area contributed by atoms with Crippen LogP contribution < -0.4 is 0 Å². The van der Waals surface area contributed by atoms with Crippen molar-refractivity contribution in [1.29, 1.82) is 0 Å². The number of thiol groups is 1. The monoisotopic (exact) mass is 274 g/mol. The first-order chi connectivity index (χ1) is 8.37. The van der Waals surface area contributed by atoms with Gasteiger partial charge >= 0.3 is 0 Å². The molecule has 0 aromatic rings. The predicted molar refractivity (Wildman–Crippen MR) is 87.3 cm³/mol. The van der Waals surface area contributed by atoms with Crippen molar-refractivity contribution in [2.24, 2.45) is 5.41 Å². The third-order valence-corrected chi connectivity index (χ3v) is 4.82. The second kappa shape index (κ2) is 7.76. The van der Waals surface area contributed by atoms with E-state index in [2.05, 4.69) is 43.1 Å². The Labute approximate surface area is 117 Å². The van der Waals surface area contributed by atoms with Gasteiger partial charge in [0.25, 0.3) is 0 Å². The first-order valence-electron chi connectivity index (χ1n) is 7.46. The maximum absolute atomic E-state index is 2.68. The van der Waals surface area contributed by atoms with Gasteiger partial charge in [0.2, 0.25) is 0 Å². The minimum absolute atomic E-state index is 0.277. The molecule has 2 nitrogen and oxygen atoms in total. The van der Waals surface area contributed by atoms with Crippen LogP contribution in [0.25, 0.3) is 0 Å². The SMILES string of the molecule is C[SH](C)CCN1CCCN(CCC(C)(C)C)CC1. The lowest BCUT2D eigenvalue weighted by atomic mass is 9.92. The summed E-state index contributed by atoms with van der Waals surface area (Å²) in [5.74, 6) is 1.41. The average Bonchev–Trinajstić information content (AvgIpc) is 2.47. The van der Waals surface area contributed by atoms with Gasteiger partial charge in [-0.05, 0) is 56.2 Å². The first kappa shape index (κ1) is 16.3. The van der Waals surface area contributed by atoms with Gasteiger partial charge in [-0.25, -0.2) is 0 Å². The summed E-state index contributed by atoms with van der Waals surface area (Å²) in [4.78, 5) is 5.35. The molecule has 0 unspecified atom stereocenters. The van der Waals surface area contributed by atoms with E-state index in [0.29, 0.717) is 5.41 Å². The van der Waals surface area contributed by atoms with E-state index in [1.165, 1.54) is 57.9 Å². The summed E-state index contributed by atoms with van der Waals surface area (Å²) in [6.45, 7) is 14.8. The molecular weight excluding hydrogens is 240 g/mol. The molecule has 1 heterocycles. The van der Waals surface area contributed by atoms with Crippen molar-refractivity contribution in [2.45, 2.75) is 33.6 Å². The van der Waals surface area contributed by atoms with Crippen LogP contribution in [-0.4, -0.2) is 67.3 Å². The van der Waals surface area contributed by atoms with Crippen LogP contribution in [0.5, 0.6) is 0 Å². The molecule has 0 amide bonds. The lowest BCUT2D eigenvalue weighted by molar-refractivity contribution is 0.228. The van der Waals surface area contributed by atoms with Crippen LogP contribution >= 0.6 is 10.9 Å². The highest BCUT2D eigenvalue weighted by molar-refractivity contribution is 8.15. The molecule has 0 aromatic heterocycles. The minimum Gasteiger partial charge on any atom is -0.302 e. The number of hydrogen-bond acceptors (Lipinski definition) is 2. The van der Waals surface area contributed by atoms with Gasteiger partial charge < -0.3 is 9.80 Å². The topological polar surface area (TPSA) is 6.48 Å². The largest absolute Gasteiger partial charge is 0.302 e. The number of hydrogen-bond donors (Lipinski definition) is 1. The van der Waals surface area contributed by atoms with Crippen molar-refractivity contribution in [3.8, 4) is 0 Å². The Kier molecular flexibility index (Phi) is 7.04. The molecule has 0 aromatic carbocycles. The summed E-state index contributed by atoms with van der Waals surface area (Å²) in [7, 11) is 0.277. The Hall–Kier alpha value is 0.270. The summed E-state index contributed by atoms with van der Waals surface area (Å²) in [5.41, 5.74) is 0.478. The van der Waals surface area contributed by atoms with Crippen molar-refractivity contribution in [3.05, 3.63) is 0 Å². The summed E-state index contributed by atoms with van der Waals surface area (Å²) in [5, 5.41) is 0. The van der Waals surface area contributed by atoms with Crippen LogP contribution in [0.1, 0.15) is 33.6 Å².